The lowest BCUT2D eigenvalue weighted by molar-refractivity contribution is 1.73. The van der Waals surface area contributed by atoms with Gasteiger partial charge in [0.2, 0.25) is 0 Å². The third-order valence-corrected chi connectivity index (χ3v) is 9.31. The summed E-state index contributed by atoms with van der Waals surface area (Å²) < 4.78 is 0. The van der Waals surface area contributed by atoms with Gasteiger partial charge in [-0.15, -0.1) is 0 Å². The second kappa shape index (κ2) is 7.25. The second-order valence-corrected chi connectivity index (χ2v) is 11.2. The highest BCUT2D eigenvalue weighted by Crippen LogP contribution is 2.48. The Morgan fingerprint density at radius 2 is 0.500 bits per heavy atom. The van der Waals surface area contributed by atoms with Gasteiger partial charge in [-0.3, -0.25) is 0 Å². The third-order valence-electron chi connectivity index (χ3n) is 9.31. The van der Waals surface area contributed by atoms with Crippen molar-refractivity contribution in [3.63, 3.8) is 0 Å². The number of fused-ring (bicyclic) bond motifs is 4. The summed E-state index contributed by atoms with van der Waals surface area (Å²) in [7, 11) is 0. The van der Waals surface area contributed by atoms with Gasteiger partial charge in [-0.1, -0.05) is 133 Å². The zero-order chi connectivity index (χ0) is 25.9. The first-order valence-corrected chi connectivity index (χ1v) is 14.0. The van der Waals surface area contributed by atoms with Crippen molar-refractivity contribution in [3.8, 4) is 11.1 Å². The first kappa shape index (κ1) is 20.7. The lowest BCUT2D eigenvalue weighted by Gasteiger charge is -2.20. The Morgan fingerprint density at radius 3 is 0.875 bits per heavy atom. The SMILES string of the molecule is c1cc2cccc3c4c(-c5ccc6cccc7c8cccc9cccc(c5c67)c98)ccc5cccc(c(c1)c23)c54. The maximum absolute atomic E-state index is 2.37. The predicted molar refractivity (Wildman–Crippen MR) is 174 cm³/mol. The normalized spacial score (nSPS) is 12.5. The molecule has 0 amide bonds. The summed E-state index contributed by atoms with van der Waals surface area (Å²) in [6.07, 6.45) is 0. The molecular formula is C40H22. The van der Waals surface area contributed by atoms with Crippen LogP contribution in [0.3, 0.4) is 0 Å². The van der Waals surface area contributed by atoms with E-state index in [9.17, 15) is 0 Å². The van der Waals surface area contributed by atoms with Crippen LogP contribution in [0.4, 0.5) is 0 Å². The van der Waals surface area contributed by atoms with Crippen LogP contribution in [0.1, 0.15) is 0 Å². The van der Waals surface area contributed by atoms with Crippen molar-refractivity contribution >= 4 is 86.2 Å². The van der Waals surface area contributed by atoms with E-state index in [4.69, 9.17) is 0 Å². The topological polar surface area (TPSA) is 0 Å². The largest absolute Gasteiger partial charge is 0.0610 e. The molecular weight excluding hydrogens is 480 g/mol. The molecule has 0 aliphatic rings. The summed E-state index contributed by atoms with van der Waals surface area (Å²) in [5, 5.41) is 21.4. The van der Waals surface area contributed by atoms with Crippen LogP contribution in [0.5, 0.6) is 0 Å². The van der Waals surface area contributed by atoms with Crippen LogP contribution >= 0.6 is 0 Å². The summed E-state index contributed by atoms with van der Waals surface area (Å²) in [5.74, 6) is 0. The van der Waals surface area contributed by atoms with Crippen molar-refractivity contribution in [3.05, 3.63) is 133 Å². The molecule has 10 aromatic carbocycles. The molecule has 0 aliphatic carbocycles. The first-order valence-electron chi connectivity index (χ1n) is 14.0. The second-order valence-electron chi connectivity index (χ2n) is 11.2. The van der Waals surface area contributed by atoms with Crippen LogP contribution in [-0.4, -0.2) is 0 Å². The molecule has 0 heteroatoms. The average Bonchev–Trinajstić information content (AvgIpc) is 3.02. The predicted octanol–water partition coefficient (Wildman–Crippen LogP) is 11.5. The molecule has 0 atom stereocenters. The van der Waals surface area contributed by atoms with Gasteiger partial charge >= 0.3 is 0 Å². The summed E-state index contributed by atoms with van der Waals surface area (Å²) >= 11 is 0. The molecule has 10 aromatic rings. The molecule has 0 N–H and O–H groups in total. The lowest BCUT2D eigenvalue weighted by Crippen LogP contribution is -1.92. The molecule has 0 bridgehead atoms. The Balaban J connectivity index is 1.51. The van der Waals surface area contributed by atoms with E-state index < -0.39 is 0 Å². The monoisotopic (exact) mass is 502 g/mol. The molecule has 0 aliphatic heterocycles. The first-order chi connectivity index (χ1) is 19.9. The molecule has 40 heavy (non-hydrogen) atoms. The maximum Gasteiger partial charge on any atom is -0.00139 e. The van der Waals surface area contributed by atoms with Gasteiger partial charge in [0.1, 0.15) is 0 Å². The fraction of sp³-hybridized carbons (Fsp3) is 0. The van der Waals surface area contributed by atoms with E-state index in [0.717, 1.165) is 0 Å². The minimum atomic E-state index is 1.30. The van der Waals surface area contributed by atoms with E-state index >= 15 is 0 Å². The van der Waals surface area contributed by atoms with Crippen LogP contribution in [-0.2, 0) is 0 Å². The highest BCUT2D eigenvalue weighted by Gasteiger charge is 2.20. The average molecular weight is 503 g/mol. The summed E-state index contributed by atoms with van der Waals surface area (Å²) in [5.41, 5.74) is 2.62. The smallest absolute Gasteiger partial charge is 0.00139 e. The molecule has 0 aromatic heterocycles. The van der Waals surface area contributed by atoms with Crippen molar-refractivity contribution in [2.75, 3.05) is 0 Å². The Morgan fingerprint density at radius 1 is 0.200 bits per heavy atom. The molecule has 0 fully saturated rings. The summed E-state index contributed by atoms with van der Waals surface area (Å²) in [4.78, 5) is 0. The molecule has 0 spiro atoms. The van der Waals surface area contributed by atoms with E-state index in [1.54, 1.807) is 0 Å². The van der Waals surface area contributed by atoms with Crippen molar-refractivity contribution in [1.82, 2.24) is 0 Å². The zero-order valence-electron chi connectivity index (χ0n) is 21.7. The van der Waals surface area contributed by atoms with Crippen molar-refractivity contribution < 1.29 is 0 Å². The minimum absolute atomic E-state index is 1.30. The molecule has 0 saturated carbocycles. The van der Waals surface area contributed by atoms with Gasteiger partial charge in [0.15, 0.2) is 0 Å². The van der Waals surface area contributed by atoms with Crippen molar-refractivity contribution in [2.24, 2.45) is 0 Å². The standard InChI is InChI=1S/C40H22/c1-7-23-9-5-17-33-35(23)27(13-1)29-15-3-11-25-19-21-31(39(33)37(25)29)32-22-20-26-12-4-16-30-28-14-2-8-24-10-6-18-34(36(24)28)40(32)38(26)30/h1-22H. The van der Waals surface area contributed by atoms with Gasteiger partial charge in [-0.25, -0.2) is 0 Å². The van der Waals surface area contributed by atoms with E-state index in [2.05, 4.69) is 133 Å². The maximum atomic E-state index is 2.37. The van der Waals surface area contributed by atoms with E-state index in [-0.39, 0.29) is 0 Å². The zero-order valence-corrected chi connectivity index (χ0v) is 21.7. The van der Waals surface area contributed by atoms with Gasteiger partial charge < -0.3 is 0 Å². The molecule has 0 radical (unpaired) electrons. The fourth-order valence-corrected chi connectivity index (χ4v) is 7.76. The van der Waals surface area contributed by atoms with E-state index in [0.29, 0.717) is 0 Å². The number of rotatable bonds is 1. The van der Waals surface area contributed by atoms with Crippen LogP contribution in [0.2, 0.25) is 0 Å². The summed E-state index contributed by atoms with van der Waals surface area (Å²) in [6, 6.07) is 50.0. The molecule has 0 heterocycles. The highest BCUT2D eigenvalue weighted by atomic mass is 14.2. The molecule has 0 unspecified atom stereocenters. The van der Waals surface area contributed by atoms with Gasteiger partial charge in [0.05, 0.1) is 0 Å². The Kier molecular flexibility index (Phi) is 3.76. The van der Waals surface area contributed by atoms with E-state index in [1.807, 2.05) is 0 Å². The highest BCUT2D eigenvalue weighted by molar-refractivity contribution is 6.39. The Labute approximate surface area is 230 Å². The van der Waals surface area contributed by atoms with Crippen LogP contribution in [0.15, 0.2) is 133 Å². The van der Waals surface area contributed by atoms with E-state index in [1.165, 1.54) is 97.3 Å². The van der Waals surface area contributed by atoms with Crippen LogP contribution < -0.4 is 0 Å². The lowest BCUT2D eigenvalue weighted by atomic mass is 9.82. The van der Waals surface area contributed by atoms with Gasteiger partial charge in [0, 0.05) is 0 Å². The van der Waals surface area contributed by atoms with Crippen molar-refractivity contribution in [2.45, 2.75) is 0 Å². The molecule has 0 saturated heterocycles. The third kappa shape index (κ3) is 2.43. The van der Waals surface area contributed by atoms with Crippen molar-refractivity contribution in [1.29, 1.82) is 0 Å². The molecule has 10 rings (SSSR count). The minimum Gasteiger partial charge on any atom is -0.0610 e. The van der Waals surface area contributed by atoms with Gasteiger partial charge in [-0.2, -0.15) is 0 Å². The number of hydrogen-bond acceptors (Lipinski definition) is 0. The fourth-order valence-electron chi connectivity index (χ4n) is 7.76. The molecule has 0 nitrogen and oxygen atoms in total. The van der Waals surface area contributed by atoms with Crippen LogP contribution in [0.25, 0.3) is 97.3 Å². The molecule has 182 valence electrons. The Hall–Kier alpha value is -5.20. The van der Waals surface area contributed by atoms with Gasteiger partial charge in [-0.05, 0) is 97.3 Å². The Bertz CT molecular complexity index is 2440. The summed E-state index contributed by atoms with van der Waals surface area (Å²) in [6.45, 7) is 0. The van der Waals surface area contributed by atoms with Gasteiger partial charge in [0.25, 0.3) is 0 Å². The van der Waals surface area contributed by atoms with Crippen LogP contribution in [0, 0.1) is 0 Å². The number of benzene rings is 10. The number of hydrogen-bond donors (Lipinski definition) is 0. The quantitative estimate of drug-likeness (QED) is 0.155.